The Morgan fingerprint density at radius 3 is 2.40 bits per heavy atom. The van der Waals surface area contributed by atoms with E-state index < -0.39 is 9.84 Å². The van der Waals surface area contributed by atoms with Crippen LogP contribution in [0.2, 0.25) is 0 Å². The molecule has 2 N–H and O–H groups in total. The summed E-state index contributed by atoms with van der Waals surface area (Å²) >= 11 is 0. The van der Waals surface area contributed by atoms with Gasteiger partial charge in [0.15, 0.2) is 9.84 Å². The minimum atomic E-state index is -3.02. The number of ketones is 1. The molecule has 0 aromatic carbocycles. The smallest absolute Gasteiger partial charge is 0.150 e. The maximum absolute atomic E-state index is 11.3. The van der Waals surface area contributed by atoms with E-state index in [0.29, 0.717) is 19.4 Å². The molecule has 90 valence electrons. The molecule has 0 bridgehead atoms. The number of nitrogens with two attached hydrogens (primary N) is 1. The standard InChI is InChI=1S/C10H21NO3S/c1-3-5-15(13,14)6-4-10(12)7-9(2)8-11/h9H,3-8,11H2,1-2H3. The van der Waals surface area contributed by atoms with Crippen molar-refractivity contribution in [2.24, 2.45) is 11.7 Å². The minimum absolute atomic E-state index is 0.00683. The predicted octanol–water partition coefficient (Wildman–Crippen LogP) is 0.755. The summed E-state index contributed by atoms with van der Waals surface area (Å²) in [4.78, 5) is 11.3. The second-order valence-electron chi connectivity index (χ2n) is 3.99. The van der Waals surface area contributed by atoms with Crippen LogP contribution in [0, 0.1) is 5.92 Å². The fourth-order valence-electron chi connectivity index (χ4n) is 1.26. The number of hydrogen-bond donors (Lipinski definition) is 1. The Balaban J connectivity index is 3.90. The predicted molar refractivity (Wildman–Crippen MR) is 61.4 cm³/mol. The second-order valence-corrected chi connectivity index (χ2v) is 6.29. The Kier molecular flexibility index (Phi) is 6.76. The summed E-state index contributed by atoms with van der Waals surface area (Å²) in [6, 6.07) is 0. The van der Waals surface area contributed by atoms with Crippen LogP contribution in [0.4, 0.5) is 0 Å². The first-order valence-corrected chi connectivity index (χ1v) is 7.15. The van der Waals surface area contributed by atoms with E-state index in [0.717, 1.165) is 0 Å². The van der Waals surface area contributed by atoms with Gasteiger partial charge in [0.1, 0.15) is 5.78 Å². The molecule has 15 heavy (non-hydrogen) atoms. The number of carbonyl (C=O) groups excluding carboxylic acids is 1. The molecule has 4 nitrogen and oxygen atoms in total. The van der Waals surface area contributed by atoms with Crippen molar-refractivity contribution in [3.63, 3.8) is 0 Å². The lowest BCUT2D eigenvalue weighted by molar-refractivity contribution is -0.119. The van der Waals surface area contributed by atoms with Gasteiger partial charge in [0.05, 0.1) is 5.75 Å². The highest BCUT2D eigenvalue weighted by Crippen LogP contribution is 2.05. The minimum Gasteiger partial charge on any atom is -0.330 e. The molecular formula is C10H21NO3S. The van der Waals surface area contributed by atoms with Gasteiger partial charge in [0.25, 0.3) is 0 Å². The molecule has 0 rings (SSSR count). The quantitative estimate of drug-likeness (QED) is 0.673. The van der Waals surface area contributed by atoms with Gasteiger partial charge >= 0.3 is 0 Å². The third-order valence-corrected chi connectivity index (χ3v) is 4.04. The van der Waals surface area contributed by atoms with Crippen molar-refractivity contribution in [1.82, 2.24) is 0 Å². The molecule has 1 unspecified atom stereocenters. The molecule has 0 spiro atoms. The Morgan fingerprint density at radius 2 is 1.93 bits per heavy atom. The Morgan fingerprint density at radius 1 is 1.33 bits per heavy atom. The van der Waals surface area contributed by atoms with Gasteiger partial charge in [-0.1, -0.05) is 13.8 Å². The van der Waals surface area contributed by atoms with E-state index in [1.807, 2.05) is 13.8 Å². The summed E-state index contributed by atoms with van der Waals surface area (Å²) < 4.78 is 22.6. The molecule has 0 amide bonds. The average Bonchev–Trinajstić information content (AvgIpc) is 2.15. The summed E-state index contributed by atoms with van der Waals surface area (Å²) in [5.41, 5.74) is 5.38. The van der Waals surface area contributed by atoms with Crippen molar-refractivity contribution in [1.29, 1.82) is 0 Å². The average molecular weight is 235 g/mol. The largest absolute Gasteiger partial charge is 0.330 e. The zero-order chi connectivity index (χ0) is 11.9. The summed E-state index contributed by atoms with van der Waals surface area (Å²) in [5.74, 6) is 0.294. The third kappa shape index (κ3) is 7.50. The highest BCUT2D eigenvalue weighted by atomic mass is 32.2. The van der Waals surface area contributed by atoms with Gasteiger partial charge in [-0.3, -0.25) is 4.79 Å². The van der Waals surface area contributed by atoms with Crippen LogP contribution in [0.1, 0.15) is 33.1 Å². The van der Waals surface area contributed by atoms with Crippen molar-refractivity contribution >= 4 is 15.6 Å². The van der Waals surface area contributed by atoms with Crippen LogP contribution in [0.3, 0.4) is 0 Å². The van der Waals surface area contributed by atoms with E-state index >= 15 is 0 Å². The number of rotatable bonds is 8. The van der Waals surface area contributed by atoms with E-state index in [4.69, 9.17) is 5.73 Å². The van der Waals surface area contributed by atoms with Crippen molar-refractivity contribution < 1.29 is 13.2 Å². The normalized spacial score (nSPS) is 13.8. The lowest BCUT2D eigenvalue weighted by Gasteiger charge is -2.07. The molecular weight excluding hydrogens is 214 g/mol. The van der Waals surface area contributed by atoms with E-state index in [-0.39, 0.29) is 29.6 Å². The van der Waals surface area contributed by atoms with Gasteiger partial charge in [-0.15, -0.1) is 0 Å². The second kappa shape index (κ2) is 6.95. The van der Waals surface area contributed by atoms with Crippen LogP contribution in [0.15, 0.2) is 0 Å². The molecule has 0 aliphatic carbocycles. The van der Waals surface area contributed by atoms with Crippen molar-refractivity contribution in [3.8, 4) is 0 Å². The van der Waals surface area contributed by atoms with Crippen LogP contribution >= 0.6 is 0 Å². The molecule has 0 aliphatic rings. The maximum atomic E-state index is 11.3. The van der Waals surface area contributed by atoms with Gasteiger partial charge in [-0.25, -0.2) is 8.42 Å². The van der Waals surface area contributed by atoms with Crippen molar-refractivity contribution in [3.05, 3.63) is 0 Å². The Hall–Kier alpha value is -0.420. The van der Waals surface area contributed by atoms with Crippen LogP contribution in [0.5, 0.6) is 0 Å². The topological polar surface area (TPSA) is 77.2 Å². The summed E-state index contributed by atoms with van der Waals surface area (Å²) in [6.45, 7) is 4.17. The first-order chi connectivity index (χ1) is 6.91. The molecule has 5 heteroatoms. The fourth-order valence-corrected chi connectivity index (χ4v) is 2.62. The van der Waals surface area contributed by atoms with E-state index in [1.54, 1.807) is 0 Å². The number of hydrogen-bond acceptors (Lipinski definition) is 4. The molecule has 0 saturated heterocycles. The lowest BCUT2D eigenvalue weighted by atomic mass is 10.0. The molecule has 0 aromatic rings. The SMILES string of the molecule is CCCS(=O)(=O)CCC(=O)CC(C)CN. The Labute approximate surface area is 92.2 Å². The van der Waals surface area contributed by atoms with Gasteiger partial charge in [-0.2, -0.15) is 0 Å². The van der Waals surface area contributed by atoms with Crippen molar-refractivity contribution in [2.75, 3.05) is 18.1 Å². The molecule has 0 fully saturated rings. The monoisotopic (exact) mass is 235 g/mol. The van der Waals surface area contributed by atoms with Crippen LogP contribution in [-0.4, -0.2) is 32.3 Å². The van der Waals surface area contributed by atoms with Gasteiger partial charge < -0.3 is 5.73 Å². The third-order valence-electron chi connectivity index (χ3n) is 2.19. The lowest BCUT2D eigenvalue weighted by Crippen LogP contribution is -2.18. The molecule has 0 saturated carbocycles. The number of carbonyl (C=O) groups is 1. The molecule has 0 heterocycles. The molecule has 1 atom stereocenters. The Bertz CT molecular complexity index is 285. The van der Waals surface area contributed by atoms with Gasteiger partial charge in [0.2, 0.25) is 0 Å². The summed E-state index contributed by atoms with van der Waals surface area (Å²) in [6.07, 6.45) is 1.13. The summed E-state index contributed by atoms with van der Waals surface area (Å²) in [7, 11) is -3.02. The van der Waals surface area contributed by atoms with Crippen LogP contribution < -0.4 is 5.73 Å². The van der Waals surface area contributed by atoms with Crippen LogP contribution in [-0.2, 0) is 14.6 Å². The van der Waals surface area contributed by atoms with Gasteiger partial charge in [0, 0.05) is 18.6 Å². The highest BCUT2D eigenvalue weighted by molar-refractivity contribution is 7.91. The molecule has 0 aromatic heterocycles. The van der Waals surface area contributed by atoms with Crippen LogP contribution in [0.25, 0.3) is 0 Å². The first-order valence-electron chi connectivity index (χ1n) is 5.33. The van der Waals surface area contributed by atoms with E-state index in [1.165, 1.54) is 0 Å². The zero-order valence-corrected chi connectivity index (χ0v) is 10.3. The fraction of sp³-hybridized carbons (Fsp3) is 0.900. The first kappa shape index (κ1) is 14.6. The zero-order valence-electron chi connectivity index (χ0n) is 9.53. The number of Topliss-reactive ketones (excluding diaryl/α,β-unsaturated/α-hetero) is 1. The highest BCUT2D eigenvalue weighted by Gasteiger charge is 2.13. The molecule has 0 radical (unpaired) electrons. The van der Waals surface area contributed by atoms with Crippen molar-refractivity contribution in [2.45, 2.75) is 33.1 Å². The summed E-state index contributed by atoms with van der Waals surface area (Å²) in [5, 5.41) is 0. The van der Waals surface area contributed by atoms with E-state index in [2.05, 4.69) is 0 Å². The van der Waals surface area contributed by atoms with Gasteiger partial charge in [-0.05, 0) is 18.9 Å². The number of sulfone groups is 1. The molecule has 0 aliphatic heterocycles. The van der Waals surface area contributed by atoms with E-state index in [9.17, 15) is 13.2 Å². The maximum Gasteiger partial charge on any atom is 0.150 e.